The number of fused-ring (bicyclic) bond motifs is 1. The first kappa shape index (κ1) is 8.57. The van der Waals surface area contributed by atoms with Gasteiger partial charge in [-0.3, -0.25) is 0 Å². The molecule has 0 heterocycles. The summed E-state index contributed by atoms with van der Waals surface area (Å²) in [6.07, 6.45) is 2.38. The highest BCUT2D eigenvalue weighted by Gasteiger charge is 2.20. The number of nitrogen functional groups attached to an aromatic ring is 1. The Morgan fingerprint density at radius 2 is 2.38 bits per heavy atom. The van der Waals surface area contributed by atoms with Gasteiger partial charge in [0.15, 0.2) is 0 Å². The van der Waals surface area contributed by atoms with E-state index in [9.17, 15) is 0 Å². The van der Waals surface area contributed by atoms with Crippen LogP contribution in [-0.4, -0.2) is 6.54 Å². The third-order valence-corrected chi connectivity index (χ3v) is 2.70. The highest BCUT2D eigenvalue weighted by molar-refractivity contribution is 5.47. The maximum absolute atomic E-state index is 5.73. The zero-order valence-electron chi connectivity index (χ0n) is 8.01. The molecular weight excluding hydrogens is 160 g/mol. The van der Waals surface area contributed by atoms with Crippen LogP contribution >= 0.6 is 0 Å². The third-order valence-electron chi connectivity index (χ3n) is 2.70. The summed E-state index contributed by atoms with van der Waals surface area (Å²) in [5, 5.41) is 3.48. The first-order valence-corrected chi connectivity index (χ1v) is 4.93. The molecule has 3 N–H and O–H groups in total. The molecule has 0 fully saturated rings. The number of rotatable bonds is 2. The van der Waals surface area contributed by atoms with Crippen LogP contribution in [0, 0.1) is 0 Å². The van der Waals surface area contributed by atoms with Crippen LogP contribution in [0.4, 0.5) is 5.69 Å². The van der Waals surface area contributed by atoms with Crippen molar-refractivity contribution in [1.29, 1.82) is 0 Å². The highest BCUT2D eigenvalue weighted by Crippen LogP contribution is 2.31. The number of nitrogens with two attached hydrogens (primary N) is 1. The second-order valence-electron chi connectivity index (χ2n) is 3.61. The zero-order chi connectivity index (χ0) is 9.26. The molecule has 1 atom stereocenters. The van der Waals surface area contributed by atoms with Crippen LogP contribution in [-0.2, 0) is 6.42 Å². The van der Waals surface area contributed by atoms with Crippen molar-refractivity contribution in [1.82, 2.24) is 5.32 Å². The van der Waals surface area contributed by atoms with E-state index in [1.165, 1.54) is 17.5 Å². The molecule has 0 radical (unpaired) electrons. The van der Waals surface area contributed by atoms with Gasteiger partial charge in [-0.05, 0) is 42.6 Å². The molecule has 2 heteroatoms. The monoisotopic (exact) mass is 176 g/mol. The Kier molecular flexibility index (Phi) is 2.23. The normalized spacial score (nSPS) is 20.2. The zero-order valence-corrected chi connectivity index (χ0v) is 8.01. The molecule has 0 bridgehead atoms. The second-order valence-corrected chi connectivity index (χ2v) is 3.61. The van der Waals surface area contributed by atoms with Gasteiger partial charge in [0.1, 0.15) is 0 Å². The van der Waals surface area contributed by atoms with Gasteiger partial charge in [0.25, 0.3) is 0 Å². The van der Waals surface area contributed by atoms with Crippen molar-refractivity contribution in [2.45, 2.75) is 25.8 Å². The minimum absolute atomic E-state index is 0.556. The fraction of sp³-hybridized carbons (Fsp3) is 0.455. The Balaban J connectivity index is 2.27. The highest BCUT2D eigenvalue weighted by atomic mass is 14.9. The van der Waals surface area contributed by atoms with Gasteiger partial charge in [-0.25, -0.2) is 0 Å². The van der Waals surface area contributed by atoms with Crippen molar-refractivity contribution in [2.75, 3.05) is 12.3 Å². The van der Waals surface area contributed by atoms with E-state index in [1.54, 1.807) is 0 Å². The third kappa shape index (κ3) is 1.54. The largest absolute Gasteiger partial charge is 0.399 e. The maximum atomic E-state index is 5.73. The van der Waals surface area contributed by atoms with E-state index in [2.05, 4.69) is 24.4 Å². The second kappa shape index (κ2) is 3.38. The van der Waals surface area contributed by atoms with Crippen molar-refractivity contribution in [3.63, 3.8) is 0 Å². The lowest BCUT2D eigenvalue weighted by atomic mass is 10.1. The average Bonchev–Trinajstić information content (AvgIpc) is 2.49. The Labute approximate surface area is 79.1 Å². The summed E-state index contributed by atoms with van der Waals surface area (Å²) in [6.45, 7) is 3.18. The SMILES string of the molecule is CCNC1CCc2cc(N)ccc21. The number of hydrogen-bond donors (Lipinski definition) is 2. The van der Waals surface area contributed by atoms with E-state index in [-0.39, 0.29) is 0 Å². The van der Waals surface area contributed by atoms with Crippen LogP contribution in [0.5, 0.6) is 0 Å². The summed E-state index contributed by atoms with van der Waals surface area (Å²) < 4.78 is 0. The van der Waals surface area contributed by atoms with Crippen LogP contribution in [0.3, 0.4) is 0 Å². The maximum Gasteiger partial charge on any atom is 0.0326 e. The first-order valence-electron chi connectivity index (χ1n) is 4.93. The van der Waals surface area contributed by atoms with Crippen molar-refractivity contribution < 1.29 is 0 Å². The topological polar surface area (TPSA) is 38.0 Å². The molecular formula is C11H16N2. The Hall–Kier alpha value is -1.02. The molecule has 0 saturated carbocycles. The molecule has 70 valence electrons. The summed E-state index contributed by atoms with van der Waals surface area (Å²) in [5.74, 6) is 0. The first-order chi connectivity index (χ1) is 6.31. The van der Waals surface area contributed by atoms with Crippen molar-refractivity contribution in [3.05, 3.63) is 29.3 Å². The molecule has 1 aliphatic rings. The van der Waals surface area contributed by atoms with Crippen LogP contribution in [0.2, 0.25) is 0 Å². The molecule has 0 amide bonds. The van der Waals surface area contributed by atoms with E-state index < -0.39 is 0 Å². The molecule has 0 aliphatic heterocycles. The molecule has 1 aliphatic carbocycles. The van der Waals surface area contributed by atoms with E-state index in [0.29, 0.717) is 6.04 Å². The fourth-order valence-electron chi connectivity index (χ4n) is 2.10. The summed E-state index contributed by atoms with van der Waals surface area (Å²) in [7, 11) is 0. The van der Waals surface area contributed by atoms with Gasteiger partial charge >= 0.3 is 0 Å². The Morgan fingerprint density at radius 1 is 1.54 bits per heavy atom. The molecule has 0 spiro atoms. The molecule has 13 heavy (non-hydrogen) atoms. The van der Waals surface area contributed by atoms with E-state index in [4.69, 9.17) is 5.73 Å². The quantitative estimate of drug-likeness (QED) is 0.675. The summed E-state index contributed by atoms with van der Waals surface area (Å²) in [4.78, 5) is 0. The minimum Gasteiger partial charge on any atom is -0.399 e. The van der Waals surface area contributed by atoms with Gasteiger partial charge in [-0.15, -0.1) is 0 Å². The fourth-order valence-corrected chi connectivity index (χ4v) is 2.10. The van der Waals surface area contributed by atoms with Gasteiger partial charge in [-0.2, -0.15) is 0 Å². The number of aryl methyl sites for hydroxylation is 1. The Bertz CT molecular complexity index is 307. The van der Waals surface area contributed by atoms with Crippen molar-refractivity contribution in [2.24, 2.45) is 0 Å². The summed E-state index contributed by atoms with van der Waals surface area (Å²) >= 11 is 0. The molecule has 0 saturated heterocycles. The van der Waals surface area contributed by atoms with E-state index in [0.717, 1.165) is 18.7 Å². The lowest BCUT2D eigenvalue weighted by molar-refractivity contribution is 0.549. The lowest BCUT2D eigenvalue weighted by Crippen LogP contribution is -2.18. The molecule has 1 unspecified atom stereocenters. The van der Waals surface area contributed by atoms with E-state index >= 15 is 0 Å². The predicted octanol–water partition coefficient (Wildman–Crippen LogP) is 1.87. The standard InChI is InChI=1S/C11H16N2/c1-2-13-11-6-3-8-7-9(12)4-5-10(8)11/h4-5,7,11,13H,2-3,6,12H2,1H3. The van der Waals surface area contributed by atoms with E-state index in [1.807, 2.05) is 6.07 Å². The molecule has 2 rings (SSSR count). The molecule has 1 aromatic rings. The molecule has 1 aromatic carbocycles. The summed E-state index contributed by atoms with van der Waals surface area (Å²) in [6, 6.07) is 6.81. The average molecular weight is 176 g/mol. The Morgan fingerprint density at radius 3 is 3.15 bits per heavy atom. The van der Waals surface area contributed by atoms with Crippen molar-refractivity contribution >= 4 is 5.69 Å². The molecule has 2 nitrogen and oxygen atoms in total. The molecule has 0 aromatic heterocycles. The minimum atomic E-state index is 0.556. The van der Waals surface area contributed by atoms with Crippen LogP contribution in [0.25, 0.3) is 0 Å². The lowest BCUT2D eigenvalue weighted by Gasteiger charge is -2.11. The van der Waals surface area contributed by atoms with Gasteiger partial charge in [-0.1, -0.05) is 13.0 Å². The smallest absolute Gasteiger partial charge is 0.0326 e. The van der Waals surface area contributed by atoms with Crippen LogP contribution in [0.1, 0.15) is 30.5 Å². The van der Waals surface area contributed by atoms with Gasteiger partial charge < -0.3 is 11.1 Å². The van der Waals surface area contributed by atoms with Crippen molar-refractivity contribution in [3.8, 4) is 0 Å². The predicted molar refractivity (Wildman–Crippen MR) is 55.6 cm³/mol. The number of nitrogens with one attached hydrogen (secondary N) is 1. The van der Waals surface area contributed by atoms with Crippen LogP contribution < -0.4 is 11.1 Å². The number of anilines is 1. The van der Waals surface area contributed by atoms with Crippen LogP contribution in [0.15, 0.2) is 18.2 Å². The van der Waals surface area contributed by atoms with Gasteiger partial charge in [0.05, 0.1) is 0 Å². The number of hydrogen-bond acceptors (Lipinski definition) is 2. The van der Waals surface area contributed by atoms with Gasteiger partial charge in [0, 0.05) is 11.7 Å². The summed E-state index contributed by atoms with van der Waals surface area (Å²) in [5.41, 5.74) is 9.48. The number of benzene rings is 1. The van der Waals surface area contributed by atoms with Gasteiger partial charge in [0.2, 0.25) is 0 Å².